The van der Waals surface area contributed by atoms with Gasteiger partial charge in [-0.05, 0) is 63.4 Å². The number of carbonyl (C=O) groups is 1. The van der Waals surface area contributed by atoms with Gasteiger partial charge in [-0.3, -0.25) is 4.79 Å². The van der Waals surface area contributed by atoms with Crippen molar-refractivity contribution in [3.8, 4) is 5.75 Å². The van der Waals surface area contributed by atoms with E-state index in [2.05, 4.69) is 47.4 Å². The first-order chi connectivity index (χ1) is 15.4. The topological polar surface area (TPSA) is 57.0 Å². The van der Waals surface area contributed by atoms with E-state index in [4.69, 9.17) is 4.74 Å². The Morgan fingerprint density at radius 1 is 1.12 bits per heavy atom. The molecule has 0 fully saturated rings. The first kappa shape index (κ1) is 22.6. The number of thioether (sulfide) groups is 1. The Hall–Kier alpha value is -2.64. The summed E-state index contributed by atoms with van der Waals surface area (Å²) in [5.74, 6) is 1.36. The van der Waals surface area contributed by atoms with Gasteiger partial charge >= 0.3 is 0 Å². The molecule has 1 aromatic carbocycles. The second-order valence-corrected chi connectivity index (χ2v) is 10.1. The van der Waals surface area contributed by atoms with Crippen molar-refractivity contribution in [1.82, 2.24) is 14.5 Å². The van der Waals surface area contributed by atoms with Crippen LogP contribution in [0.5, 0.6) is 5.75 Å². The minimum absolute atomic E-state index is 0.134. The molecule has 0 saturated carbocycles. The van der Waals surface area contributed by atoms with E-state index in [9.17, 15) is 4.79 Å². The Morgan fingerprint density at radius 2 is 1.88 bits per heavy atom. The number of carbonyl (C=O) groups excluding carboxylic acids is 1. The maximum atomic E-state index is 13.1. The average molecular weight is 466 g/mol. The zero-order valence-corrected chi connectivity index (χ0v) is 20.7. The number of thiophene rings is 1. The number of Topliss-reactive ketones (excluding diaryl/α,β-unsaturated/α-hetero) is 1. The molecular formula is C25H27N3O2S2. The highest BCUT2D eigenvalue weighted by Gasteiger charge is 2.18. The maximum Gasteiger partial charge on any atom is 0.174 e. The zero-order valence-electron chi connectivity index (χ0n) is 19.1. The molecule has 7 heteroatoms. The molecule has 0 amide bonds. The van der Waals surface area contributed by atoms with Gasteiger partial charge in [0, 0.05) is 33.8 Å². The van der Waals surface area contributed by atoms with Gasteiger partial charge in [-0.2, -0.15) is 0 Å². The van der Waals surface area contributed by atoms with Gasteiger partial charge in [0.25, 0.3) is 0 Å². The lowest BCUT2D eigenvalue weighted by Gasteiger charge is -2.10. The fourth-order valence-corrected chi connectivity index (χ4v) is 5.93. The molecule has 0 aliphatic carbocycles. The Bertz CT molecular complexity index is 1270. The summed E-state index contributed by atoms with van der Waals surface area (Å²) in [6.07, 6.45) is 2.49. The van der Waals surface area contributed by atoms with Gasteiger partial charge in [0.15, 0.2) is 5.78 Å². The van der Waals surface area contributed by atoms with E-state index < -0.39 is 0 Å². The van der Waals surface area contributed by atoms with E-state index in [0.29, 0.717) is 5.75 Å². The van der Waals surface area contributed by atoms with Crippen LogP contribution < -0.4 is 4.74 Å². The molecule has 3 aromatic heterocycles. The zero-order chi connectivity index (χ0) is 22.8. The van der Waals surface area contributed by atoms with Crippen LogP contribution in [-0.4, -0.2) is 33.2 Å². The standard InChI is InChI=1S/C25H27N3O2S2/c1-15-12-21(17(3)28(15)11-10-19-6-8-20(30-5)9-7-19)22(29)13-31-24-23-16(2)18(4)32-25(23)27-14-26-24/h6-9,12,14H,10-11,13H2,1-5H3. The number of hydrogen-bond donors (Lipinski definition) is 0. The van der Waals surface area contributed by atoms with Crippen molar-refractivity contribution in [1.29, 1.82) is 0 Å². The first-order valence-corrected chi connectivity index (χ1v) is 12.4. The van der Waals surface area contributed by atoms with Crippen LogP contribution in [0.25, 0.3) is 10.2 Å². The number of ether oxygens (including phenoxy) is 1. The SMILES string of the molecule is COc1ccc(CCn2c(C)cc(C(=O)CSc3ncnc4sc(C)c(C)c34)c2C)cc1. The Labute approximate surface area is 196 Å². The summed E-state index contributed by atoms with van der Waals surface area (Å²) in [5.41, 5.74) is 5.39. The summed E-state index contributed by atoms with van der Waals surface area (Å²) < 4.78 is 7.47. The van der Waals surface area contributed by atoms with Crippen LogP contribution in [0.4, 0.5) is 0 Å². The second kappa shape index (κ2) is 9.46. The van der Waals surface area contributed by atoms with Gasteiger partial charge in [-0.25, -0.2) is 9.97 Å². The minimum atomic E-state index is 0.134. The summed E-state index contributed by atoms with van der Waals surface area (Å²) in [7, 11) is 1.67. The minimum Gasteiger partial charge on any atom is -0.497 e. The van der Waals surface area contributed by atoms with E-state index in [1.807, 2.05) is 25.1 Å². The molecule has 0 saturated heterocycles. The van der Waals surface area contributed by atoms with Crippen molar-refractivity contribution < 1.29 is 9.53 Å². The average Bonchev–Trinajstić information content (AvgIpc) is 3.25. The predicted octanol–water partition coefficient (Wildman–Crippen LogP) is 5.95. The van der Waals surface area contributed by atoms with Crippen molar-refractivity contribution in [2.24, 2.45) is 0 Å². The predicted molar refractivity (Wildman–Crippen MR) is 133 cm³/mol. The van der Waals surface area contributed by atoms with Crippen LogP contribution in [0.2, 0.25) is 0 Å². The quantitative estimate of drug-likeness (QED) is 0.183. The molecule has 0 N–H and O–H groups in total. The van der Waals surface area contributed by atoms with Gasteiger partial charge in [0.1, 0.15) is 21.9 Å². The third kappa shape index (κ3) is 4.45. The number of nitrogens with zero attached hydrogens (tertiary/aromatic N) is 3. The molecule has 0 aliphatic rings. The van der Waals surface area contributed by atoms with E-state index in [1.54, 1.807) is 24.8 Å². The van der Waals surface area contributed by atoms with Gasteiger partial charge in [-0.1, -0.05) is 23.9 Å². The Morgan fingerprint density at radius 3 is 2.59 bits per heavy atom. The van der Waals surface area contributed by atoms with Crippen LogP contribution in [0, 0.1) is 27.7 Å². The molecule has 0 aliphatic heterocycles. The largest absolute Gasteiger partial charge is 0.497 e. The molecule has 0 spiro atoms. The van der Waals surface area contributed by atoms with E-state index in [-0.39, 0.29) is 5.78 Å². The third-order valence-electron chi connectivity index (χ3n) is 5.93. The number of benzene rings is 1. The third-order valence-corrected chi connectivity index (χ3v) is 8.03. The molecule has 5 nitrogen and oxygen atoms in total. The lowest BCUT2D eigenvalue weighted by Crippen LogP contribution is -2.08. The molecule has 4 aromatic rings. The van der Waals surface area contributed by atoms with E-state index >= 15 is 0 Å². The smallest absolute Gasteiger partial charge is 0.174 e. The Balaban J connectivity index is 1.46. The normalized spacial score (nSPS) is 11.3. The van der Waals surface area contributed by atoms with Gasteiger partial charge in [-0.15, -0.1) is 11.3 Å². The number of hydrogen-bond acceptors (Lipinski definition) is 6. The first-order valence-electron chi connectivity index (χ1n) is 10.6. The van der Waals surface area contributed by atoms with E-state index in [1.165, 1.54) is 27.8 Å². The highest BCUT2D eigenvalue weighted by molar-refractivity contribution is 8.00. The number of rotatable bonds is 8. The Kier molecular flexibility index (Phi) is 6.67. The fourth-order valence-electron chi connectivity index (χ4n) is 3.93. The second-order valence-electron chi connectivity index (χ2n) is 7.89. The van der Waals surface area contributed by atoms with Gasteiger partial charge in [0.2, 0.25) is 0 Å². The molecule has 0 radical (unpaired) electrons. The summed E-state index contributed by atoms with van der Waals surface area (Å²) in [4.78, 5) is 24.2. The van der Waals surface area contributed by atoms with Crippen LogP contribution in [-0.2, 0) is 13.0 Å². The highest BCUT2D eigenvalue weighted by atomic mass is 32.2. The molecule has 0 atom stereocenters. The molecule has 166 valence electrons. The van der Waals surface area contributed by atoms with Crippen molar-refractivity contribution >= 4 is 39.1 Å². The molecule has 0 bridgehead atoms. The number of methoxy groups -OCH3 is 1. The van der Waals surface area contributed by atoms with Crippen LogP contribution in [0.1, 0.15) is 37.7 Å². The summed E-state index contributed by atoms with van der Waals surface area (Å²) in [6, 6.07) is 10.2. The van der Waals surface area contributed by atoms with Crippen molar-refractivity contribution in [3.05, 3.63) is 69.6 Å². The van der Waals surface area contributed by atoms with Gasteiger partial charge < -0.3 is 9.30 Å². The molecular weight excluding hydrogens is 438 g/mol. The van der Waals surface area contributed by atoms with Crippen molar-refractivity contribution in [3.63, 3.8) is 0 Å². The number of aromatic nitrogens is 3. The monoisotopic (exact) mass is 465 g/mol. The van der Waals surface area contributed by atoms with E-state index in [0.717, 1.165) is 50.9 Å². The lowest BCUT2D eigenvalue weighted by molar-refractivity contribution is 0.102. The molecule has 4 rings (SSSR count). The van der Waals surface area contributed by atoms with Crippen molar-refractivity contribution in [2.75, 3.05) is 12.9 Å². The lowest BCUT2D eigenvalue weighted by atomic mass is 10.1. The molecule has 0 unspecified atom stereocenters. The van der Waals surface area contributed by atoms with Crippen LogP contribution in [0.15, 0.2) is 41.7 Å². The number of fused-ring (bicyclic) bond motifs is 1. The van der Waals surface area contributed by atoms with Crippen LogP contribution in [0.3, 0.4) is 0 Å². The summed E-state index contributed by atoms with van der Waals surface area (Å²) in [6.45, 7) is 9.14. The number of aryl methyl sites for hydroxylation is 4. The van der Waals surface area contributed by atoms with Gasteiger partial charge in [0.05, 0.1) is 12.9 Å². The molecule has 3 heterocycles. The maximum absolute atomic E-state index is 13.1. The highest BCUT2D eigenvalue weighted by Crippen LogP contribution is 2.34. The summed E-state index contributed by atoms with van der Waals surface area (Å²) in [5, 5.41) is 1.97. The van der Waals surface area contributed by atoms with Crippen molar-refractivity contribution in [2.45, 2.75) is 45.7 Å². The molecule has 32 heavy (non-hydrogen) atoms. The van der Waals surface area contributed by atoms with Crippen LogP contribution >= 0.6 is 23.1 Å². The number of ketones is 1. The summed E-state index contributed by atoms with van der Waals surface area (Å²) >= 11 is 3.18. The fraction of sp³-hybridized carbons (Fsp3) is 0.320.